The van der Waals surface area contributed by atoms with Crippen molar-refractivity contribution in [2.24, 2.45) is 5.92 Å². The molecule has 7 heteroatoms. The predicted molar refractivity (Wildman–Crippen MR) is 105 cm³/mol. The first-order chi connectivity index (χ1) is 13.4. The zero-order valence-corrected chi connectivity index (χ0v) is 16.8. The minimum Gasteiger partial charge on any atom is -0.484 e. The number of benzene rings is 1. The van der Waals surface area contributed by atoms with Crippen molar-refractivity contribution < 1.29 is 9.53 Å². The largest absolute Gasteiger partial charge is 0.484 e. The fourth-order valence-electron chi connectivity index (χ4n) is 4.38. The van der Waals surface area contributed by atoms with Crippen LogP contribution in [0.1, 0.15) is 38.1 Å². The van der Waals surface area contributed by atoms with Crippen molar-refractivity contribution in [1.82, 2.24) is 19.2 Å². The Bertz CT molecular complexity index is 930. The van der Waals surface area contributed by atoms with Gasteiger partial charge < -0.3 is 9.64 Å². The highest BCUT2D eigenvalue weighted by atomic mass is 16.5. The van der Waals surface area contributed by atoms with Gasteiger partial charge in [0.25, 0.3) is 5.91 Å². The molecule has 2 bridgehead atoms. The Balaban J connectivity index is 1.48. The number of nitrogens with zero attached hydrogens (tertiary/aromatic N) is 4. The lowest BCUT2D eigenvalue weighted by atomic mass is 10.1. The summed E-state index contributed by atoms with van der Waals surface area (Å²) >= 11 is 0. The van der Waals surface area contributed by atoms with Crippen LogP contribution in [-0.2, 0) is 24.3 Å². The van der Waals surface area contributed by atoms with Gasteiger partial charge in [-0.15, -0.1) is 0 Å². The lowest BCUT2D eigenvalue weighted by Gasteiger charge is -2.27. The second kappa shape index (κ2) is 7.45. The standard InChI is InChI=1S/C21H28N4O3/c1-14(2)11-24-21(27)23-12-17-8-7-16(10-19(23)22-24)25(17)20(26)13-28-18-6-4-5-15(3)9-18/h4-6,9,14,16-17H,7-8,10-13H2,1-3H3. The third-order valence-electron chi connectivity index (χ3n) is 5.61. The Morgan fingerprint density at radius 1 is 1.29 bits per heavy atom. The minimum absolute atomic E-state index is 0.0118. The molecule has 150 valence electrons. The van der Waals surface area contributed by atoms with Crippen LogP contribution in [0.2, 0.25) is 0 Å². The van der Waals surface area contributed by atoms with Gasteiger partial charge in [0, 0.05) is 25.6 Å². The first-order valence-corrected chi connectivity index (χ1v) is 10.1. The number of hydrogen-bond donors (Lipinski definition) is 0. The second-order valence-electron chi connectivity index (χ2n) is 8.38. The van der Waals surface area contributed by atoms with Crippen LogP contribution in [0, 0.1) is 12.8 Å². The predicted octanol–water partition coefficient (Wildman–Crippen LogP) is 2.00. The molecule has 2 aliphatic rings. The molecule has 1 fully saturated rings. The van der Waals surface area contributed by atoms with Crippen LogP contribution in [0.25, 0.3) is 0 Å². The highest BCUT2D eigenvalue weighted by molar-refractivity contribution is 5.79. The molecule has 0 radical (unpaired) electrons. The summed E-state index contributed by atoms with van der Waals surface area (Å²) in [5, 5.41) is 4.56. The van der Waals surface area contributed by atoms with Gasteiger partial charge in [0.1, 0.15) is 11.6 Å². The molecule has 2 aliphatic heterocycles. The number of fused-ring (bicyclic) bond motifs is 3. The zero-order valence-electron chi connectivity index (χ0n) is 16.8. The Morgan fingerprint density at radius 3 is 2.82 bits per heavy atom. The summed E-state index contributed by atoms with van der Waals surface area (Å²) in [5.74, 6) is 1.86. The summed E-state index contributed by atoms with van der Waals surface area (Å²) in [6, 6.07) is 7.84. The van der Waals surface area contributed by atoms with E-state index in [0.717, 1.165) is 24.2 Å². The summed E-state index contributed by atoms with van der Waals surface area (Å²) in [5.41, 5.74) is 1.04. The maximum atomic E-state index is 12.9. The van der Waals surface area contributed by atoms with Crippen LogP contribution in [0.15, 0.2) is 29.1 Å². The molecular weight excluding hydrogens is 356 g/mol. The molecule has 2 unspecified atom stereocenters. The van der Waals surface area contributed by atoms with Gasteiger partial charge in [-0.1, -0.05) is 26.0 Å². The maximum absolute atomic E-state index is 12.9. The second-order valence-corrected chi connectivity index (χ2v) is 8.38. The average Bonchev–Trinajstić information content (AvgIpc) is 3.09. The lowest BCUT2D eigenvalue weighted by molar-refractivity contribution is -0.136. The van der Waals surface area contributed by atoms with Crippen molar-refractivity contribution in [3.8, 4) is 5.75 Å². The molecule has 7 nitrogen and oxygen atoms in total. The molecule has 0 saturated carbocycles. The Kier molecular flexibility index (Phi) is 5.00. The smallest absolute Gasteiger partial charge is 0.345 e. The normalized spacial score (nSPS) is 20.9. The summed E-state index contributed by atoms with van der Waals surface area (Å²) in [6.45, 7) is 7.33. The number of hydrogen-bond acceptors (Lipinski definition) is 4. The van der Waals surface area contributed by atoms with Gasteiger partial charge in [-0.05, 0) is 43.4 Å². The van der Waals surface area contributed by atoms with E-state index < -0.39 is 0 Å². The number of rotatable bonds is 5. The van der Waals surface area contributed by atoms with Gasteiger partial charge in [0.15, 0.2) is 6.61 Å². The third kappa shape index (κ3) is 3.57. The van der Waals surface area contributed by atoms with Crippen LogP contribution < -0.4 is 10.4 Å². The molecule has 4 rings (SSSR count). The molecule has 1 saturated heterocycles. The highest BCUT2D eigenvalue weighted by Crippen LogP contribution is 2.30. The fourth-order valence-corrected chi connectivity index (χ4v) is 4.38. The van der Waals surface area contributed by atoms with E-state index in [2.05, 4.69) is 18.9 Å². The molecule has 3 heterocycles. The van der Waals surface area contributed by atoms with E-state index in [1.165, 1.54) is 0 Å². The van der Waals surface area contributed by atoms with E-state index in [9.17, 15) is 9.59 Å². The monoisotopic (exact) mass is 384 g/mol. The summed E-state index contributed by atoms with van der Waals surface area (Å²) in [4.78, 5) is 27.6. The Morgan fingerprint density at radius 2 is 2.07 bits per heavy atom. The van der Waals surface area contributed by atoms with Crippen LogP contribution in [-0.4, -0.2) is 43.8 Å². The minimum atomic E-state index is -0.0559. The van der Waals surface area contributed by atoms with Crippen molar-refractivity contribution in [2.45, 2.75) is 65.2 Å². The van der Waals surface area contributed by atoms with Gasteiger partial charge in [-0.25, -0.2) is 9.48 Å². The van der Waals surface area contributed by atoms with E-state index in [0.29, 0.717) is 31.2 Å². The fraction of sp³-hybridized carbons (Fsp3) is 0.571. The molecule has 2 atom stereocenters. The zero-order chi connectivity index (χ0) is 19.8. The van der Waals surface area contributed by atoms with Crippen molar-refractivity contribution in [3.05, 3.63) is 46.1 Å². The number of aromatic nitrogens is 3. The molecule has 28 heavy (non-hydrogen) atoms. The molecule has 0 spiro atoms. The van der Waals surface area contributed by atoms with Gasteiger partial charge in [-0.3, -0.25) is 9.36 Å². The summed E-state index contributed by atoms with van der Waals surface area (Å²) < 4.78 is 9.09. The van der Waals surface area contributed by atoms with Gasteiger partial charge >= 0.3 is 5.69 Å². The number of aryl methyl sites for hydroxylation is 1. The summed E-state index contributed by atoms with van der Waals surface area (Å²) in [6.07, 6.45) is 2.50. The van der Waals surface area contributed by atoms with Crippen LogP contribution in [0.4, 0.5) is 0 Å². The van der Waals surface area contributed by atoms with Gasteiger partial charge in [0.05, 0.1) is 6.04 Å². The van der Waals surface area contributed by atoms with E-state index in [1.54, 1.807) is 9.25 Å². The van der Waals surface area contributed by atoms with Crippen molar-refractivity contribution in [1.29, 1.82) is 0 Å². The number of amides is 1. The van der Waals surface area contributed by atoms with Crippen molar-refractivity contribution >= 4 is 5.91 Å². The third-order valence-corrected chi connectivity index (χ3v) is 5.61. The van der Waals surface area contributed by atoms with Crippen molar-refractivity contribution in [2.75, 3.05) is 6.61 Å². The summed E-state index contributed by atoms with van der Waals surface area (Å²) in [7, 11) is 0. The van der Waals surface area contributed by atoms with Crippen LogP contribution in [0.5, 0.6) is 5.75 Å². The molecule has 0 aliphatic carbocycles. The molecule has 0 N–H and O–H groups in total. The first kappa shape index (κ1) is 18.8. The molecular formula is C21H28N4O3. The molecule has 1 amide bonds. The number of carbonyl (C=O) groups is 1. The average molecular weight is 384 g/mol. The number of ether oxygens (including phenoxy) is 1. The van der Waals surface area contributed by atoms with Gasteiger partial charge in [0.2, 0.25) is 0 Å². The quantitative estimate of drug-likeness (QED) is 0.791. The highest BCUT2D eigenvalue weighted by Gasteiger charge is 2.41. The van der Waals surface area contributed by atoms with Gasteiger partial charge in [-0.2, -0.15) is 5.10 Å². The maximum Gasteiger partial charge on any atom is 0.345 e. The van der Waals surface area contributed by atoms with Crippen LogP contribution in [0.3, 0.4) is 0 Å². The van der Waals surface area contributed by atoms with Crippen LogP contribution >= 0.6 is 0 Å². The van der Waals surface area contributed by atoms with E-state index in [4.69, 9.17) is 4.74 Å². The van der Waals surface area contributed by atoms with Crippen molar-refractivity contribution in [3.63, 3.8) is 0 Å². The van der Waals surface area contributed by atoms with E-state index >= 15 is 0 Å². The van der Waals surface area contributed by atoms with E-state index in [1.807, 2.05) is 36.1 Å². The first-order valence-electron chi connectivity index (χ1n) is 10.1. The number of carbonyl (C=O) groups excluding carboxylic acids is 1. The Hall–Kier alpha value is -2.57. The van der Waals surface area contributed by atoms with E-state index in [-0.39, 0.29) is 30.3 Å². The SMILES string of the molecule is Cc1cccc(OCC(=O)N2C3CCC2Cn2c(nn(CC(C)C)c2=O)C3)c1. The molecule has 1 aromatic carbocycles. The molecule has 2 aromatic rings. The topological polar surface area (TPSA) is 69.4 Å². The Labute approximate surface area is 164 Å². The molecule has 1 aromatic heterocycles. The lowest BCUT2D eigenvalue weighted by Crippen LogP contribution is -2.45.